The van der Waals surface area contributed by atoms with Crippen molar-refractivity contribution in [1.29, 1.82) is 0 Å². The number of rotatable bonds is 6. The van der Waals surface area contributed by atoms with E-state index in [2.05, 4.69) is 5.32 Å². The molecule has 0 unspecified atom stereocenters. The summed E-state index contributed by atoms with van der Waals surface area (Å²) in [5.74, 6) is 0.284. The highest BCUT2D eigenvalue weighted by molar-refractivity contribution is 7.11. The van der Waals surface area contributed by atoms with Crippen LogP contribution in [0, 0.1) is 6.92 Å². The molecule has 2 aromatic carbocycles. The fourth-order valence-electron chi connectivity index (χ4n) is 2.93. The van der Waals surface area contributed by atoms with E-state index in [1.807, 2.05) is 12.1 Å². The van der Waals surface area contributed by atoms with E-state index in [9.17, 15) is 14.4 Å². The summed E-state index contributed by atoms with van der Waals surface area (Å²) in [5, 5.41) is 2.81. The summed E-state index contributed by atoms with van der Waals surface area (Å²) in [7, 11) is 4.97. The first kappa shape index (κ1) is 21.3. The maximum absolute atomic E-state index is 12.7. The first-order valence-corrected chi connectivity index (χ1v) is 10.1. The molecular weight excluding hydrogens is 402 g/mol. The fraction of sp³-hybridized carbons (Fsp3) is 0.227. The minimum atomic E-state index is -0.328. The maximum Gasteiger partial charge on any atom is 0.308 e. The number of anilines is 1. The van der Waals surface area contributed by atoms with E-state index in [1.54, 1.807) is 69.1 Å². The summed E-state index contributed by atoms with van der Waals surface area (Å²) in [5.41, 5.74) is 2.67. The third-order valence-electron chi connectivity index (χ3n) is 4.65. The van der Waals surface area contributed by atoms with E-state index in [0.29, 0.717) is 34.1 Å². The van der Waals surface area contributed by atoms with Crippen LogP contribution in [-0.4, -0.2) is 42.5 Å². The van der Waals surface area contributed by atoms with Gasteiger partial charge in [-0.2, -0.15) is 0 Å². The van der Waals surface area contributed by atoms with Crippen molar-refractivity contribution in [2.24, 2.45) is 0 Å². The van der Waals surface area contributed by atoms with E-state index in [0.717, 1.165) is 16.9 Å². The third kappa shape index (κ3) is 4.60. The molecule has 0 aliphatic carbocycles. The smallest absolute Gasteiger partial charge is 0.308 e. The van der Waals surface area contributed by atoms with Crippen molar-refractivity contribution in [2.75, 3.05) is 26.5 Å². The van der Waals surface area contributed by atoms with Crippen molar-refractivity contribution >= 4 is 28.8 Å². The van der Waals surface area contributed by atoms with E-state index >= 15 is 0 Å². The van der Waals surface area contributed by atoms with Crippen LogP contribution in [0.15, 0.2) is 53.3 Å². The van der Waals surface area contributed by atoms with Crippen LogP contribution in [0.4, 0.5) is 5.69 Å². The zero-order valence-corrected chi connectivity index (χ0v) is 18.1. The molecule has 3 rings (SSSR count). The van der Waals surface area contributed by atoms with Gasteiger partial charge in [0.2, 0.25) is 0 Å². The fourth-order valence-corrected chi connectivity index (χ4v) is 3.81. The Hall–Kier alpha value is -3.39. The van der Waals surface area contributed by atoms with Crippen molar-refractivity contribution in [1.82, 2.24) is 9.47 Å². The maximum atomic E-state index is 12.7. The molecule has 0 saturated carbocycles. The number of nitrogens with zero attached hydrogens (tertiary/aromatic N) is 2. The van der Waals surface area contributed by atoms with Gasteiger partial charge in [-0.3, -0.25) is 19.0 Å². The molecule has 2 amide bonds. The largest absolute Gasteiger partial charge is 0.497 e. The van der Waals surface area contributed by atoms with Gasteiger partial charge in [0.1, 0.15) is 10.6 Å². The molecule has 0 atom stereocenters. The Morgan fingerprint density at radius 3 is 2.27 bits per heavy atom. The molecule has 0 fully saturated rings. The number of hydrogen-bond donors (Lipinski definition) is 1. The van der Waals surface area contributed by atoms with E-state index in [-0.39, 0.29) is 16.7 Å². The molecule has 7 nitrogen and oxygen atoms in total. The molecule has 0 spiro atoms. The number of benzene rings is 2. The molecular formula is C22H23N3O4S. The zero-order chi connectivity index (χ0) is 21.8. The lowest BCUT2D eigenvalue weighted by atomic mass is 10.1. The second-order valence-electron chi connectivity index (χ2n) is 6.95. The van der Waals surface area contributed by atoms with Crippen LogP contribution >= 0.6 is 11.3 Å². The van der Waals surface area contributed by atoms with Crippen molar-refractivity contribution in [2.45, 2.75) is 13.5 Å². The Labute approximate surface area is 178 Å². The van der Waals surface area contributed by atoms with Gasteiger partial charge in [0.25, 0.3) is 11.8 Å². The number of thiazole rings is 1. The summed E-state index contributed by atoms with van der Waals surface area (Å²) in [6.45, 7) is 2.08. The molecule has 3 aromatic rings. The van der Waals surface area contributed by atoms with Crippen LogP contribution in [0.1, 0.15) is 31.3 Å². The number of ether oxygens (including phenoxy) is 1. The molecule has 8 heteroatoms. The molecule has 1 aromatic heterocycles. The molecule has 156 valence electrons. The minimum absolute atomic E-state index is 0.0806. The predicted molar refractivity (Wildman–Crippen MR) is 118 cm³/mol. The lowest BCUT2D eigenvalue weighted by Gasteiger charge is -2.11. The lowest BCUT2D eigenvalue weighted by Crippen LogP contribution is -2.21. The SMILES string of the molecule is COc1ccc(NC(=O)c2sc(=O)n(Cc3ccc(C(=O)N(C)C)cc3)c2C)cc1. The van der Waals surface area contributed by atoms with Crippen LogP contribution in [0.3, 0.4) is 0 Å². The monoisotopic (exact) mass is 425 g/mol. The van der Waals surface area contributed by atoms with Crippen molar-refractivity contribution in [3.63, 3.8) is 0 Å². The van der Waals surface area contributed by atoms with Crippen LogP contribution in [-0.2, 0) is 6.54 Å². The normalized spacial score (nSPS) is 10.5. The van der Waals surface area contributed by atoms with Gasteiger partial charge in [0, 0.05) is 31.0 Å². The van der Waals surface area contributed by atoms with Crippen LogP contribution in [0.2, 0.25) is 0 Å². The van der Waals surface area contributed by atoms with Crippen LogP contribution < -0.4 is 14.9 Å². The van der Waals surface area contributed by atoms with E-state index in [4.69, 9.17) is 4.74 Å². The number of hydrogen-bond acceptors (Lipinski definition) is 5. The highest BCUT2D eigenvalue weighted by Gasteiger charge is 2.18. The second-order valence-corrected chi connectivity index (χ2v) is 7.91. The molecule has 0 aliphatic rings. The molecule has 30 heavy (non-hydrogen) atoms. The van der Waals surface area contributed by atoms with Gasteiger partial charge in [-0.25, -0.2) is 0 Å². The predicted octanol–water partition coefficient (Wildman–Crippen LogP) is 3.23. The van der Waals surface area contributed by atoms with Crippen LogP contribution in [0.5, 0.6) is 5.75 Å². The van der Waals surface area contributed by atoms with Gasteiger partial charge in [0.05, 0.1) is 13.7 Å². The van der Waals surface area contributed by atoms with Gasteiger partial charge in [-0.15, -0.1) is 0 Å². The van der Waals surface area contributed by atoms with Crippen molar-refractivity contribution in [3.05, 3.63) is 79.9 Å². The molecule has 0 radical (unpaired) electrons. The average Bonchev–Trinajstić information content (AvgIpc) is 3.02. The second kappa shape index (κ2) is 8.96. The summed E-state index contributed by atoms with van der Waals surface area (Å²) in [6.07, 6.45) is 0. The highest BCUT2D eigenvalue weighted by Crippen LogP contribution is 2.19. The number of nitrogens with one attached hydrogen (secondary N) is 1. The standard InChI is InChI=1S/C22H23N3O4S/c1-14-19(20(26)23-17-9-11-18(29-4)12-10-17)30-22(28)25(14)13-15-5-7-16(8-6-15)21(27)24(2)3/h5-12H,13H2,1-4H3,(H,23,26). The summed E-state index contributed by atoms with van der Waals surface area (Å²) in [4.78, 5) is 38.8. The van der Waals surface area contributed by atoms with Crippen LogP contribution in [0.25, 0.3) is 0 Å². The lowest BCUT2D eigenvalue weighted by molar-refractivity contribution is 0.0827. The molecule has 1 heterocycles. The Balaban J connectivity index is 1.77. The number of aromatic nitrogens is 1. The van der Waals surface area contributed by atoms with Gasteiger partial charge in [0.15, 0.2) is 0 Å². The summed E-state index contributed by atoms with van der Waals surface area (Å²) in [6, 6.07) is 14.1. The van der Waals surface area contributed by atoms with Gasteiger partial charge in [-0.1, -0.05) is 23.5 Å². The molecule has 1 N–H and O–H groups in total. The van der Waals surface area contributed by atoms with Gasteiger partial charge < -0.3 is 15.0 Å². The molecule has 0 saturated heterocycles. The van der Waals surface area contributed by atoms with Crippen molar-refractivity contribution in [3.8, 4) is 5.75 Å². The summed E-state index contributed by atoms with van der Waals surface area (Å²) >= 11 is 0.917. The van der Waals surface area contributed by atoms with Gasteiger partial charge in [-0.05, 0) is 48.9 Å². The third-order valence-corrected chi connectivity index (χ3v) is 5.73. The number of carbonyl (C=O) groups is 2. The highest BCUT2D eigenvalue weighted by atomic mass is 32.1. The number of amides is 2. The number of methoxy groups -OCH3 is 1. The van der Waals surface area contributed by atoms with Crippen molar-refractivity contribution < 1.29 is 14.3 Å². The Morgan fingerprint density at radius 2 is 1.70 bits per heavy atom. The minimum Gasteiger partial charge on any atom is -0.497 e. The average molecular weight is 426 g/mol. The number of carbonyl (C=O) groups excluding carboxylic acids is 2. The molecule has 0 aliphatic heterocycles. The van der Waals surface area contributed by atoms with E-state index < -0.39 is 0 Å². The quantitative estimate of drug-likeness (QED) is 0.658. The molecule has 0 bridgehead atoms. The zero-order valence-electron chi connectivity index (χ0n) is 17.3. The van der Waals surface area contributed by atoms with Gasteiger partial charge >= 0.3 is 4.87 Å². The topological polar surface area (TPSA) is 80.6 Å². The Morgan fingerprint density at radius 1 is 1.07 bits per heavy atom. The van der Waals surface area contributed by atoms with E-state index in [1.165, 1.54) is 4.90 Å². The summed E-state index contributed by atoms with van der Waals surface area (Å²) < 4.78 is 6.68. The first-order chi connectivity index (χ1) is 14.3. The Kier molecular flexibility index (Phi) is 6.37. The first-order valence-electron chi connectivity index (χ1n) is 9.26. The Bertz CT molecular complexity index is 1110.